The predicted molar refractivity (Wildman–Crippen MR) is 67.9 cm³/mol. The number of alkyl halides is 3. The molecule has 0 saturated heterocycles. The molecule has 5 heteroatoms. The highest BCUT2D eigenvalue weighted by Crippen LogP contribution is 2.20. The number of rotatable bonds is 5. The van der Waals surface area contributed by atoms with Gasteiger partial charge in [0.1, 0.15) is 0 Å². The standard InChI is InChI=1S/C13H19F3N2/c1-10(17-9-8-13(14,15)16)11-4-6-12(7-5-11)18(2)3/h4-7,10,17H,8-9H2,1-3H3. The number of hydrogen-bond donors (Lipinski definition) is 1. The van der Waals surface area contributed by atoms with Crippen LogP contribution in [0.2, 0.25) is 0 Å². The summed E-state index contributed by atoms with van der Waals surface area (Å²) in [6.07, 6.45) is -4.89. The first kappa shape index (κ1) is 14.8. The number of halogens is 3. The van der Waals surface area contributed by atoms with Crippen LogP contribution in [0.25, 0.3) is 0 Å². The molecular formula is C13H19F3N2. The first-order valence-corrected chi connectivity index (χ1v) is 5.87. The Bertz CT molecular complexity index is 357. The maximum Gasteiger partial charge on any atom is 0.390 e. The molecule has 0 saturated carbocycles. The second kappa shape index (κ2) is 6.09. The molecule has 0 radical (unpaired) electrons. The summed E-state index contributed by atoms with van der Waals surface area (Å²) in [4.78, 5) is 1.98. The summed E-state index contributed by atoms with van der Waals surface area (Å²) in [6.45, 7) is 1.81. The summed E-state index contributed by atoms with van der Waals surface area (Å²) in [5, 5.41) is 2.87. The number of hydrogen-bond acceptors (Lipinski definition) is 2. The van der Waals surface area contributed by atoms with E-state index in [1.54, 1.807) is 0 Å². The molecule has 102 valence electrons. The Morgan fingerprint density at radius 2 is 1.72 bits per heavy atom. The van der Waals surface area contributed by atoms with E-state index >= 15 is 0 Å². The van der Waals surface area contributed by atoms with E-state index in [0.29, 0.717) is 0 Å². The Morgan fingerprint density at radius 1 is 1.17 bits per heavy atom. The summed E-state index contributed by atoms with van der Waals surface area (Å²) >= 11 is 0. The topological polar surface area (TPSA) is 15.3 Å². The maximum atomic E-state index is 12.0. The van der Waals surface area contributed by atoms with Gasteiger partial charge in [0.2, 0.25) is 0 Å². The molecule has 0 aliphatic heterocycles. The molecule has 0 heterocycles. The van der Waals surface area contributed by atoms with Crippen LogP contribution >= 0.6 is 0 Å². The largest absolute Gasteiger partial charge is 0.390 e. The highest BCUT2D eigenvalue weighted by atomic mass is 19.4. The fraction of sp³-hybridized carbons (Fsp3) is 0.538. The van der Waals surface area contributed by atoms with Crippen LogP contribution in [-0.2, 0) is 0 Å². The maximum absolute atomic E-state index is 12.0. The molecular weight excluding hydrogens is 241 g/mol. The molecule has 0 fully saturated rings. The zero-order valence-electron chi connectivity index (χ0n) is 10.9. The third-order valence-corrected chi connectivity index (χ3v) is 2.77. The van der Waals surface area contributed by atoms with Gasteiger partial charge in [0.25, 0.3) is 0 Å². The van der Waals surface area contributed by atoms with Gasteiger partial charge in [-0.05, 0) is 24.6 Å². The average Bonchev–Trinajstić information content (AvgIpc) is 2.27. The van der Waals surface area contributed by atoms with E-state index in [1.807, 2.05) is 50.2 Å². The van der Waals surface area contributed by atoms with Gasteiger partial charge in [-0.25, -0.2) is 0 Å². The molecule has 1 N–H and O–H groups in total. The first-order valence-electron chi connectivity index (χ1n) is 5.87. The van der Waals surface area contributed by atoms with Gasteiger partial charge in [-0.3, -0.25) is 0 Å². The minimum atomic E-state index is -4.10. The quantitative estimate of drug-likeness (QED) is 0.873. The van der Waals surface area contributed by atoms with Gasteiger partial charge in [0.15, 0.2) is 0 Å². The van der Waals surface area contributed by atoms with Crippen molar-refractivity contribution in [1.29, 1.82) is 0 Å². The second-order valence-electron chi connectivity index (χ2n) is 4.53. The van der Waals surface area contributed by atoms with Crippen LogP contribution in [0.5, 0.6) is 0 Å². The van der Waals surface area contributed by atoms with Crippen LogP contribution in [0.1, 0.15) is 24.9 Å². The van der Waals surface area contributed by atoms with Gasteiger partial charge in [0.05, 0.1) is 6.42 Å². The smallest absolute Gasteiger partial charge is 0.378 e. The van der Waals surface area contributed by atoms with E-state index in [-0.39, 0.29) is 12.6 Å². The fourth-order valence-electron chi connectivity index (χ4n) is 1.61. The zero-order valence-corrected chi connectivity index (χ0v) is 10.9. The molecule has 0 aliphatic carbocycles. The molecule has 0 spiro atoms. The van der Waals surface area contributed by atoms with E-state index in [2.05, 4.69) is 5.32 Å². The van der Waals surface area contributed by atoms with Crippen molar-refractivity contribution in [1.82, 2.24) is 5.32 Å². The molecule has 18 heavy (non-hydrogen) atoms. The summed E-state index contributed by atoms with van der Waals surface area (Å²) in [6, 6.07) is 7.69. The lowest BCUT2D eigenvalue weighted by Crippen LogP contribution is -2.24. The number of nitrogens with zero attached hydrogens (tertiary/aromatic N) is 1. The third-order valence-electron chi connectivity index (χ3n) is 2.77. The van der Waals surface area contributed by atoms with Crippen molar-refractivity contribution in [2.24, 2.45) is 0 Å². The summed E-state index contributed by atoms with van der Waals surface area (Å²) in [5.41, 5.74) is 2.06. The molecule has 1 atom stereocenters. The Labute approximate surface area is 106 Å². The molecule has 1 unspecified atom stereocenters. The SMILES string of the molecule is CC(NCCC(F)(F)F)c1ccc(N(C)C)cc1. The second-order valence-corrected chi connectivity index (χ2v) is 4.53. The molecule has 2 nitrogen and oxygen atoms in total. The van der Waals surface area contributed by atoms with Crippen molar-refractivity contribution in [2.75, 3.05) is 25.5 Å². The van der Waals surface area contributed by atoms with Crippen molar-refractivity contribution >= 4 is 5.69 Å². The summed E-state index contributed by atoms with van der Waals surface area (Å²) < 4.78 is 36.0. The van der Waals surface area contributed by atoms with Crippen LogP contribution in [0, 0.1) is 0 Å². The normalized spacial score (nSPS) is 13.4. The number of benzene rings is 1. The molecule has 1 aromatic rings. The van der Waals surface area contributed by atoms with Gasteiger partial charge in [0, 0.05) is 32.4 Å². The number of anilines is 1. The van der Waals surface area contributed by atoms with Gasteiger partial charge in [-0.2, -0.15) is 13.2 Å². The van der Waals surface area contributed by atoms with Crippen molar-refractivity contribution in [3.05, 3.63) is 29.8 Å². The highest BCUT2D eigenvalue weighted by molar-refractivity contribution is 5.46. The van der Waals surface area contributed by atoms with E-state index in [9.17, 15) is 13.2 Å². The lowest BCUT2D eigenvalue weighted by atomic mass is 10.1. The Hall–Kier alpha value is -1.23. The van der Waals surface area contributed by atoms with Gasteiger partial charge in [-0.1, -0.05) is 12.1 Å². The minimum Gasteiger partial charge on any atom is -0.378 e. The van der Waals surface area contributed by atoms with Crippen LogP contribution in [0.4, 0.5) is 18.9 Å². The monoisotopic (exact) mass is 260 g/mol. The molecule has 0 amide bonds. The van der Waals surface area contributed by atoms with Gasteiger partial charge >= 0.3 is 6.18 Å². The fourth-order valence-corrected chi connectivity index (χ4v) is 1.61. The highest BCUT2D eigenvalue weighted by Gasteiger charge is 2.26. The van der Waals surface area contributed by atoms with Crippen LogP contribution in [-0.4, -0.2) is 26.8 Å². The zero-order chi connectivity index (χ0) is 13.8. The molecule has 0 aliphatic rings. The van der Waals surface area contributed by atoms with Crippen molar-refractivity contribution in [3.8, 4) is 0 Å². The van der Waals surface area contributed by atoms with Gasteiger partial charge < -0.3 is 10.2 Å². The van der Waals surface area contributed by atoms with Crippen molar-refractivity contribution in [2.45, 2.75) is 25.6 Å². The number of nitrogens with one attached hydrogen (secondary N) is 1. The van der Waals surface area contributed by atoms with E-state index < -0.39 is 12.6 Å². The van der Waals surface area contributed by atoms with Gasteiger partial charge in [-0.15, -0.1) is 0 Å². The van der Waals surface area contributed by atoms with E-state index in [0.717, 1.165) is 11.3 Å². The third kappa shape index (κ3) is 4.96. The lowest BCUT2D eigenvalue weighted by molar-refractivity contribution is -0.133. The minimum absolute atomic E-state index is 0.0555. The van der Waals surface area contributed by atoms with E-state index in [1.165, 1.54) is 0 Å². The Morgan fingerprint density at radius 3 is 2.17 bits per heavy atom. The Balaban J connectivity index is 2.49. The van der Waals surface area contributed by atoms with Crippen LogP contribution in [0.3, 0.4) is 0 Å². The van der Waals surface area contributed by atoms with Crippen molar-refractivity contribution in [3.63, 3.8) is 0 Å². The van der Waals surface area contributed by atoms with Crippen LogP contribution in [0.15, 0.2) is 24.3 Å². The molecule has 0 bridgehead atoms. The Kier molecular flexibility index (Phi) is 5.02. The molecule has 0 aromatic heterocycles. The van der Waals surface area contributed by atoms with Crippen molar-refractivity contribution < 1.29 is 13.2 Å². The summed E-state index contributed by atoms with van der Waals surface area (Å²) in [7, 11) is 3.89. The van der Waals surface area contributed by atoms with E-state index in [4.69, 9.17) is 0 Å². The van der Waals surface area contributed by atoms with Crippen LogP contribution < -0.4 is 10.2 Å². The first-order chi connectivity index (χ1) is 8.29. The molecule has 1 aromatic carbocycles. The predicted octanol–water partition coefficient (Wildman–Crippen LogP) is 3.36. The summed E-state index contributed by atoms with van der Waals surface area (Å²) in [5.74, 6) is 0. The lowest BCUT2D eigenvalue weighted by Gasteiger charge is -2.17. The average molecular weight is 260 g/mol. The molecule has 1 rings (SSSR count).